The van der Waals surface area contributed by atoms with Crippen LogP contribution in [0.3, 0.4) is 0 Å². The number of fused-ring (bicyclic) bond motifs is 2. The fourth-order valence-electron chi connectivity index (χ4n) is 4.41. The molecule has 19 heavy (non-hydrogen) atoms. The lowest BCUT2D eigenvalue weighted by Gasteiger charge is -2.50. The van der Waals surface area contributed by atoms with E-state index in [9.17, 15) is 4.79 Å². The Labute approximate surface area is 119 Å². The molecule has 0 spiro atoms. The van der Waals surface area contributed by atoms with Crippen molar-refractivity contribution in [3.63, 3.8) is 0 Å². The van der Waals surface area contributed by atoms with E-state index in [1.54, 1.807) is 0 Å². The van der Waals surface area contributed by atoms with Crippen LogP contribution in [0.25, 0.3) is 0 Å². The van der Waals surface area contributed by atoms with Gasteiger partial charge in [0.15, 0.2) is 0 Å². The van der Waals surface area contributed by atoms with Crippen molar-refractivity contribution >= 4 is 17.6 Å². The first kappa shape index (κ1) is 13.3. The van der Waals surface area contributed by atoms with Crippen molar-refractivity contribution in [2.24, 2.45) is 17.8 Å². The smallest absolute Gasteiger partial charge is 0.123 e. The van der Waals surface area contributed by atoms with Crippen LogP contribution in [0.1, 0.15) is 43.9 Å². The summed E-state index contributed by atoms with van der Waals surface area (Å²) < 4.78 is 0. The van der Waals surface area contributed by atoms with Crippen LogP contribution < -0.4 is 5.32 Å². The van der Waals surface area contributed by atoms with Crippen LogP contribution in [0.5, 0.6) is 0 Å². The van der Waals surface area contributed by atoms with Gasteiger partial charge in [0, 0.05) is 22.9 Å². The van der Waals surface area contributed by atoms with Crippen molar-refractivity contribution in [1.29, 1.82) is 0 Å². The lowest BCUT2D eigenvalue weighted by Crippen LogP contribution is -2.54. The van der Waals surface area contributed by atoms with E-state index in [4.69, 9.17) is 0 Å². The fraction of sp³-hybridized carbons (Fsp3) is 0.688. The SMILES string of the molecule is CC1CC2CC(C=O)CC(NCc3cccs3)(C1)C2. The van der Waals surface area contributed by atoms with Gasteiger partial charge in [-0.2, -0.15) is 0 Å². The van der Waals surface area contributed by atoms with Crippen LogP contribution >= 0.6 is 11.3 Å². The molecule has 4 atom stereocenters. The molecule has 2 aliphatic carbocycles. The third kappa shape index (κ3) is 2.92. The molecule has 0 aromatic carbocycles. The van der Waals surface area contributed by atoms with Gasteiger partial charge in [-0.3, -0.25) is 0 Å². The van der Waals surface area contributed by atoms with Crippen molar-refractivity contribution in [3.8, 4) is 0 Å². The van der Waals surface area contributed by atoms with E-state index in [2.05, 4.69) is 29.8 Å². The Hall–Kier alpha value is -0.670. The molecule has 0 saturated heterocycles. The maximum atomic E-state index is 11.2. The third-order valence-corrected chi connectivity index (χ3v) is 5.73. The van der Waals surface area contributed by atoms with Crippen LogP contribution in [-0.2, 0) is 11.3 Å². The lowest BCUT2D eigenvalue weighted by molar-refractivity contribution is -0.114. The summed E-state index contributed by atoms with van der Waals surface area (Å²) >= 11 is 1.81. The van der Waals surface area contributed by atoms with Gasteiger partial charge < -0.3 is 10.1 Å². The van der Waals surface area contributed by atoms with E-state index in [1.807, 2.05) is 11.3 Å². The molecule has 3 heteroatoms. The molecular weight excluding hydrogens is 254 g/mol. The Morgan fingerprint density at radius 3 is 3.05 bits per heavy atom. The third-order valence-electron chi connectivity index (χ3n) is 4.85. The summed E-state index contributed by atoms with van der Waals surface area (Å²) in [4.78, 5) is 12.6. The van der Waals surface area contributed by atoms with E-state index < -0.39 is 0 Å². The van der Waals surface area contributed by atoms with Gasteiger partial charge in [-0.1, -0.05) is 13.0 Å². The number of hydrogen-bond acceptors (Lipinski definition) is 3. The zero-order valence-electron chi connectivity index (χ0n) is 11.6. The van der Waals surface area contributed by atoms with E-state index in [-0.39, 0.29) is 11.5 Å². The van der Waals surface area contributed by atoms with Crippen molar-refractivity contribution in [2.75, 3.05) is 0 Å². The first-order valence-corrected chi connectivity index (χ1v) is 8.30. The van der Waals surface area contributed by atoms with Gasteiger partial charge in [-0.05, 0) is 55.4 Å². The Morgan fingerprint density at radius 1 is 1.42 bits per heavy atom. The standard InChI is InChI=1S/C16H23NOS/c1-12-5-13-6-14(11-18)9-16(7-12,8-13)17-10-15-3-2-4-19-15/h2-4,11-14,17H,5-10H2,1H3. The Balaban J connectivity index is 1.72. The van der Waals surface area contributed by atoms with Gasteiger partial charge in [0.05, 0.1) is 0 Å². The minimum Gasteiger partial charge on any atom is -0.306 e. The molecule has 104 valence electrons. The zero-order chi connectivity index (χ0) is 13.3. The molecule has 1 aromatic heterocycles. The quantitative estimate of drug-likeness (QED) is 0.852. The molecule has 2 aliphatic rings. The molecule has 1 heterocycles. The average molecular weight is 277 g/mol. The normalized spacial score (nSPS) is 38.1. The number of hydrogen-bond donors (Lipinski definition) is 1. The minimum atomic E-state index is 0.218. The Kier molecular flexibility index (Phi) is 3.77. The van der Waals surface area contributed by atoms with Gasteiger partial charge in [0.2, 0.25) is 0 Å². The Morgan fingerprint density at radius 2 is 2.32 bits per heavy atom. The molecule has 1 aromatic rings. The second kappa shape index (κ2) is 5.37. The summed E-state index contributed by atoms with van der Waals surface area (Å²) in [5.74, 6) is 1.83. The molecule has 2 bridgehead atoms. The molecule has 2 fully saturated rings. The van der Waals surface area contributed by atoms with Gasteiger partial charge in [-0.25, -0.2) is 0 Å². The largest absolute Gasteiger partial charge is 0.306 e. The van der Waals surface area contributed by atoms with E-state index in [1.165, 1.54) is 30.4 Å². The van der Waals surface area contributed by atoms with Crippen LogP contribution in [0.15, 0.2) is 17.5 Å². The second-order valence-electron chi connectivity index (χ2n) is 6.66. The average Bonchev–Trinajstić information content (AvgIpc) is 2.88. The highest BCUT2D eigenvalue weighted by molar-refractivity contribution is 7.09. The second-order valence-corrected chi connectivity index (χ2v) is 7.70. The predicted octanol–water partition coefficient (Wildman–Crippen LogP) is 3.62. The van der Waals surface area contributed by atoms with Crippen LogP contribution in [0.4, 0.5) is 0 Å². The minimum absolute atomic E-state index is 0.218. The van der Waals surface area contributed by atoms with Gasteiger partial charge in [0.25, 0.3) is 0 Å². The highest BCUT2D eigenvalue weighted by Crippen LogP contribution is 2.47. The number of thiophene rings is 1. The summed E-state index contributed by atoms with van der Waals surface area (Å²) in [6, 6.07) is 4.30. The molecule has 2 nitrogen and oxygen atoms in total. The van der Waals surface area contributed by atoms with Crippen LogP contribution in [-0.4, -0.2) is 11.8 Å². The highest BCUT2D eigenvalue weighted by atomic mass is 32.1. The summed E-state index contributed by atoms with van der Waals surface area (Å²) in [6.45, 7) is 3.33. The molecule has 0 radical (unpaired) electrons. The molecule has 0 aliphatic heterocycles. The van der Waals surface area contributed by atoms with Crippen molar-refractivity contribution in [2.45, 2.75) is 51.1 Å². The van der Waals surface area contributed by atoms with Crippen molar-refractivity contribution < 1.29 is 4.79 Å². The van der Waals surface area contributed by atoms with Crippen LogP contribution in [0, 0.1) is 17.8 Å². The number of carbonyl (C=O) groups is 1. The van der Waals surface area contributed by atoms with Crippen LogP contribution in [0.2, 0.25) is 0 Å². The molecular formula is C16H23NOS. The highest BCUT2D eigenvalue weighted by Gasteiger charge is 2.44. The van der Waals surface area contributed by atoms with E-state index in [0.29, 0.717) is 0 Å². The number of rotatable bonds is 4. The Bertz CT molecular complexity index is 426. The van der Waals surface area contributed by atoms with Crippen molar-refractivity contribution in [1.82, 2.24) is 5.32 Å². The summed E-state index contributed by atoms with van der Waals surface area (Å²) in [5.41, 5.74) is 0.218. The summed E-state index contributed by atoms with van der Waals surface area (Å²) in [7, 11) is 0. The molecule has 1 N–H and O–H groups in total. The number of aldehydes is 1. The molecule has 0 amide bonds. The number of nitrogens with one attached hydrogen (secondary N) is 1. The summed E-state index contributed by atoms with van der Waals surface area (Å²) in [5, 5.41) is 5.95. The first-order chi connectivity index (χ1) is 9.19. The number of carbonyl (C=O) groups excluding carboxylic acids is 1. The monoisotopic (exact) mass is 277 g/mol. The topological polar surface area (TPSA) is 29.1 Å². The molecule has 3 rings (SSSR count). The first-order valence-electron chi connectivity index (χ1n) is 7.42. The van der Waals surface area contributed by atoms with E-state index >= 15 is 0 Å². The van der Waals surface area contributed by atoms with Gasteiger partial charge >= 0.3 is 0 Å². The van der Waals surface area contributed by atoms with Crippen molar-refractivity contribution in [3.05, 3.63) is 22.4 Å². The summed E-state index contributed by atoms with van der Waals surface area (Å²) in [6.07, 6.45) is 7.18. The lowest BCUT2D eigenvalue weighted by atomic mass is 9.61. The zero-order valence-corrected chi connectivity index (χ0v) is 12.4. The van der Waals surface area contributed by atoms with Gasteiger partial charge in [0.1, 0.15) is 6.29 Å². The predicted molar refractivity (Wildman–Crippen MR) is 79.2 cm³/mol. The van der Waals surface area contributed by atoms with E-state index in [0.717, 1.165) is 31.2 Å². The fourth-order valence-corrected chi connectivity index (χ4v) is 5.05. The molecule has 4 unspecified atom stereocenters. The molecule has 2 saturated carbocycles. The maximum Gasteiger partial charge on any atom is 0.123 e. The van der Waals surface area contributed by atoms with Gasteiger partial charge in [-0.15, -0.1) is 11.3 Å². The maximum absolute atomic E-state index is 11.2.